The van der Waals surface area contributed by atoms with Crippen molar-refractivity contribution in [3.8, 4) is 5.75 Å². The highest BCUT2D eigenvalue weighted by Crippen LogP contribution is 2.27. The van der Waals surface area contributed by atoms with E-state index in [9.17, 15) is 0 Å². The summed E-state index contributed by atoms with van der Waals surface area (Å²) in [6.45, 7) is 1.28. The molecule has 3 heteroatoms. The van der Waals surface area contributed by atoms with Crippen LogP contribution in [-0.2, 0) is 6.42 Å². The van der Waals surface area contributed by atoms with Crippen molar-refractivity contribution >= 4 is 0 Å². The van der Waals surface area contributed by atoms with E-state index >= 15 is 0 Å². The van der Waals surface area contributed by atoms with Crippen LogP contribution in [0.15, 0.2) is 18.2 Å². The highest BCUT2D eigenvalue weighted by Gasteiger charge is 2.12. The Hall–Kier alpha value is -1.06. The number of benzene rings is 1. The van der Waals surface area contributed by atoms with E-state index in [-0.39, 0.29) is 6.04 Å². The van der Waals surface area contributed by atoms with Gasteiger partial charge in [-0.2, -0.15) is 0 Å². The van der Waals surface area contributed by atoms with Crippen LogP contribution in [-0.4, -0.2) is 13.2 Å². The summed E-state index contributed by atoms with van der Waals surface area (Å²) in [5.74, 6) is 0.984. The molecule has 4 N–H and O–H groups in total. The molecule has 1 aromatic carbocycles. The van der Waals surface area contributed by atoms with Crippen LogP contribution >= 0.6 is 0 Å². The number of aryl methyl sites for hydroxylation is 1. The molecule has 76 valence electrons. The first kappa shape index (κ1) is 9.49. The van der Waals surface area contributed by atoms with Gasteiger partial charge >= 0.3 is 0 Å². The highest BCUT2D eigenvalue weighted by atomic mass is 16.5. The standard InChI is InChI=1S/C11H16N2O/c12-7-10(13)9-4-3-8-2-1-5-14-11(8)6-9/h3-4,6,10H,1-2,5,7,12-13H2. The Kier molecular flexibility index (Phi) is 2.70. The van der Waals surface area contributed by atoms with Gasteiger partial charge in [0.2, 0.25) is 0 Å². The van der Waals surface area contributed by atoms with Crippen LogP contribution in [0.1, 0.15) is 23.6 Å². The van der Waals surface area contributed by atoms with Crippen LogP contribution in [0.2, 0.25) is 0 Å². The number of hydrogen-bond acceptors (Lipinski definition) is 3. The fourth-order valence-electron chi connectivity index (χ4n) is 1.72. The van der Waals surface area contributed by atoms with Gasteiger partial charge in [-0.05, 0) is 30.0 Å². The smallest absolute Gasteiger partial charge is 0.122 e. The normalized spacial score (nSPS) is 17.0. The van der Waals surface area contributed by atoms with Crippen molar-refractivity contribution < 1.29 is 4.74 Å². The van der Waals surface area contributed by atoms with Crippen LogP contribution in [0.3, 0.4) is 0 Å². The molecule has 1 aromatic rings. The number of fused-ring (bicyclic) bond motifs is 1. The number of ether oxygens (including phenoxy) is 1. The predicted molar refractivity (Wildman–Crippen MR) is 56.2 cm³/mol. The quantitative estimate of drug-likeness (QED) is 0.734. The fourth-order valence-corrected chi connectivity index (χ4v) is 1.72. The molecule has 1 aliphatic heterocycles. The van der Waals surface area contributed by atoms with E-state index < -0.39 is 0 Å². The Labute approximate surface area is 84.0 Å². The molecule has 14 heavy (non-hydrogen) atoms. The number of nitrogens with two attached hydrogens (primary N) is 2. The molecule has 0 amide bonds. The highest BCUT2D eigenvalue weighted by molar-refractivity contribution is 5.39. The summed E-state index contributed by atoms with van der Waals surface area (Å²) in [7, 11) is 0. The Balaban J connectivity index is 2.29. The summed E-state index contributed by atoms with van der Waals surface area (Å²) >= 11 is 0. The van der Waals surface area contributed by atoms with Crippen molar-refractivity contribution in [2.45, 2.75) is 18.9 Å². The van der Waals surface area contributed by atoms with Gasteiger partial charge in [-0.1, -0.05) is 12.1 Å². The SMILES string of the molecule is NCC(N)c1ccc2c(c1)OCCC2. The Morgan fingerprint density at radius 1 is 1.43 bits per heavy atom. The summed E-state index contributed by atoms with van der Waals surface area (Å²) in [4.78, 5) is 0. The maximum Gasteiger partial charge on any atom is 0.122 e. The minimum atomic E-state index is -0.0779. The van der Waals surface area contributed by atoms with E-state index in [1.165, 1.54) is 5.56 Å². The van der Waals surface area contributed by atoms with Gasteiger partial charge in [-0.15, -0.1) is 0 Å². The molecule has 0 fully saturated rings. The van der Waals surface area contributed by atoms with Crippen molar-refractivity contribution in [3.05, 3.63) is 29.3 Å². The third-order valence-corrected chi connectivity index (χ3v) is 2.62. The van der Waals surface area contributed by atoms with Crippen molar-refractivity contribution in [1.82, 2.24) is 0 Å². The van der Waals surface area contributed by atoms with Gasteiger partial charge in [0.05, 0.1) is 6.61 Å². The van der Waals surface area contributed by atoms with Gasteiger partial charge in [0.15, 0.2) is 0 Å². The van der Waals surface area contributed by atoms with Gasteiger partial charge < -0.3 is 16.2 Å². The average molecular weight is 192 g/mol. The molecule has 0 aliphatic carbocycles. The maximum absolute atomic E-state index is 5.85. The Morgan fingerprint density at radius 3 is 3.07 bits per heavy atom. The largest absolute Gasteiger partial charge is 0.493 e. The van der Waals surface area contributed by atoms with E-state index in [1.807, 2.05) is 12.1 Å². The first-order valence-electron chi connectivity index (χ1n) is 5.02. The van der Waals surface area contributed by atoms with Crippen LogP contribution in [0.25, 0.3) is 0 Å². The second-order valence-corrected chi connectivity index (χ2v) is 3.66. The molecular weight excluding hydrogens is 176 g/mol. The van der Waals surface area contributed by atoms with Crippen molar-refractivity contribution in [3.63, 3.8) is 0 Å². The lowest BCUT2D eigenvalue weighted by atomic mass is 10.0. The van der Waals surface area contributed by atoms with Gasteiger partial charge in [0, 0.05) is 12.6 Å². The zero-order chi connectivity index (χ0) is 9.97. The molecule has 0 saturated carbocycles. The second-order valence-electron chi connectivity index (χ2n) is 3.66. The summed E-state index contributed by atoms with van der Waals surface area (Å²) in [6, 6.07) is 6.09. The second kappa shape index (κ2) is 3.98. The first-order chi connectivity index (χ1) is 6.81. The topological polar surface area (TPSA) is 61.3 Å². The van der Waals surface area contributed by atoms with E-state index in [1.54, 1.807) is 0 Å². The number of rotatable bonds is 2. The van der Waals surface area contributed by atoms with Crippen molar-refractivity contribution in [1.29, 1.82) is 0 Å². The lowest BCUT2D eigenvalue weighted by Gasteiger charge is -2.19. The third-order valence-electron chi connectivity index (χ3n) is 2.62. The third kappa shape index (κ3) is 1.74. The Morgan fingerprint density at radius 2 is 2.29 bits per heavy atom. The lowest BCUT2D eigenvalue weighted by molar-refractivity contribution is 0.288. The lowest BCUT2D eigenvalue weighted by Crippen LogP contribution is -2.21. The molecule has 0 radical (unpaired) electrons. The molecule has 0 saturated heterocycles. The molecule has 1 unspecified atom stereocenters. The maximum atomic E-state index is 5.85. The minimum Gasteiger partial charge on any atom is -0.493 e. The zero-order valence-electron chi connectivity index (χ0n) is 8.20. The van der Waals surface area contributed by atoms with E-state index in [4.69, 9.17) is 16.2 Å². The van der Waals surface area contributed by atoms with E-state index in [0.29, 0.717) is 6.54 Å². The monoisotopic (exact) mass is 192 g/mol. The Bertz CT molecular complexity index is 325. The van der Waals surface area contributed by atoms with Crippen molar-refractivity contribution in [2.75, 3.05) is 13.2 Å². The molecule has 0 bridgehead atoms. The molecule has 1 heterocycles. The fraction of sp³-hybridized carbons (Fsp3) is 0.455. The molecule has 3 nitrogen and oxygen atoms in total. The minimum absolute atomic E-state index is 0.0779. The van der Waals surface area contributed by atoms with Gasteiger partial charge in [-0.3, -0.25) is 0 Å². The summed E-state index contributed by atoms with van der Waals surface area (Å²) < 4.78 is 5.56. The van der Waals surface area contributed by atoms with E-state index in [0.717, 1.165) is 30.8 Å². The number of hydrogen-bond donors (Lipinski definition) is 2. The van der Waals surface area contributed by atoms with Crippen LogP contribution in [0.5, 0.6) is 5.75 Å². The van der Waals surface area contributed by atoms with Crippen LogP contribution in [0.4, 0.5) is 0 Å². The molecular formula is C11H16N2O. The van der Waals surface area contributed by atoms with Crippen molar-refractivity contribution in [2.24, 2.45) is 11.5 Å². The summed E-state index contributed by atoms with van der Waals surface area (Å²) in [5, 5.41) is 0. The molecule has 0 aromatic heterocycles. The van der Waals surface area contributed by atoms with Crippen LogP contribution in [0, 0.1) is 0 Å². The molecule has 1 atom stereocenters. The van der Waals surface area contributed by atoms with E-state index in [2.05, 4.69) is 6.07 Å². The predicted octanol–water partition coefficient (Wildman–Crippen LogP) is 0.970. The molecule has 2 rings (SSSR count). The van der Waals surface area contributed by atoms with Crippen LogP contribution < -0.4 is 16.2 Å². The molecule has 0 spiro atoms. The van der Waals surface area contributed by atoms with Gasteiger partial charge in [0.25, 0.3) is 0 Å². The summed E-state index contributed by atoms with van der Waals surface area (Å²) in [5.41, 5.74) is 13.7. The zero-order valence-corrected chi connectivity index (χ0v) is 8.20. The van der Waals surface area contributed by atoms with Gasteiger partial charge in [-0.25, -0.2) is 0 Å². The first-order valence-corrected chi connectivity index (χ1v) is 5.02. The molecule has 1 aliphatic rings. The van der Waals surface area contributed by atoms with Gasteiger partial charge in [0.1, 0.15) is 5.75 Å². The average Bonchev–Trinajstić information content (AvgIpc) is 2.27. The summed E-state index contributed by atoms with van der Waals surface area (Å²) in [6.07, 6.45) is 2.21.